The smallest absolute Gasteiger partial charge is 0.0768 e. The minimum absolute atomic E-state index is 0.293. The summed E-state index contributed by atoms with van der Waals surface area (Å²) in [6, 6.07) is 0.686. The van der Waals surface area contributed by atoms with Crippen molar-refractivity contribution in [3.8, 4) is 0 Å². The van der Waals surface area contributed by atoms with Gasteiger partial charge in [-0.1, -0.05) is 13.8 Å². The fourth-order valence-electron chi connectivity index (χ4n) is 1.63. The normalized spacial score (nSPS) is 21.0. The second-order valence-electron chi connectivity index (χ2n) is 5.21. The Hall–Kier alpha value is -0.120. The van der Waals surface area contributed by atoms with Crippen LogP contribution < -0.4 is 0 Å². The van der Waals surface area contributed by atoms with E-state index < -0.39 is 5.60 Å². The van der Waals surface area contributed by atoms with E-state index in [1.165, 1.54) is 12.8 Å². The molecule has 1 saturated carbocycles. The molecular formula is C12H25NO2. The van der Waals surface area contributed by atoms with Gasteiger partial charge in [0.15, 0.2) is 0 Å². The molecule has 0 spiro atoms. The second-order valence-corrected chi connectivity index (χ2v) is 5.21. The highest BCUT2D eigenvalue weighted by Crippen LogP contribution is 2.29. The lowest BCUT2D eigenvalue weighted by Crippen LogP contribution is -2.46. The Kier molecular flexibility index (Phi) is 4.56. The Bertz CT molecular complexity index is 188. The fraction of sp³-hybridized carbons (Fsp3) is 1.00. The zero-order valence-corrected chi connectivity index (χ0v) is 10.5. The van der Waals surface area contributed by atoms with Crippen molar-refractivity contribution >= 4 is 0 Å². The van der Waals surface area contributed by atoms with Crippen molar-refractivity contribution in [2.75, 3.05) is 26.8 Å². The molecule has 0 aromatic heterocycles. The first-order chi connectivity index (χ1) is 6.97. The first-order valence-electron chi connectivity index (χ1n) is 5.92. The largest absolute Gasteiger partial charge is 0.389 e. The summed E-state index contributed by atoms with van der Waals surface area (Å²) in [7, 11) is 1.73. The molecule has 1 fully saturated rings. The van der Waals surface area contributed by atoms with Gasteiger partial charge >= 0.3 is 0 Å². The molecule has 0 aromatic carbocycles. The van der Waals surface area contributed by atoms with Crippen LogP contribution in [0.1, 0.15) is 33.6 Å². The summed E-state index contributed by atoms with van der Waals surface area (Å²) in [4.78, 5) is 2.36. The molecule has 1 aliphatic carbocycles. The highest BCUT2D eigenvalue weighted by molar-refractivity contribution is 4.89. The van der Waals surface area contributed by atoms with Crippen LogP contribution in [0.3, 0.4) is 0 Å². The highest BCUT2D eigenvalue weighted by atomic mass is 16.5. The molecule has 0 amide bonds. The van der Waals surface area contributed by atoms with Gasteiger partial charge in [-0.25, -0.2) is 0 Å². The summed E-state index contributed by atoms with van der Waals surface area (Å²) >= 11 is 0. The average Bonchev–Trinajstić information content (AvgIpc) is 2.94. The van der Waals surface area contributed by atoms with E-state index in [1.54, 1.807) is 7.11 Å². The maximum Gasteiger partial charge on any atom is 0.0768 e. The lowest BCUT2D eigenvalue weighted by molar-refractivity contribution is -0.0252. The SMILES string of the molecule is COCCN(CC(C)(O)C(C)C)C1CC1. The lowest BCUT2D eigenvalue weighted by atomic mass is 9.92. The summed E-state index contributed by atoms with van der Waals surface area (Å²) < 4.78 is 5.10. The van der Waals surface area contributed by atoms with Crippen molar-refractivity contribution in [2.24, 2.45) is 5.92 Å². The molecular weight excluding hydrogens is 190 g/mol. The molecule has 3 nitrogen and oxygen atoms in total. The van der Waals surface area contributed by atoms with Crippen LogP contribution in [0.5, 0.6) is 0 Å². The van der Waals surface area contributed by atoms with Crippen molar-refractivity contribution < 1.29 is 9.84 Å². The Morgan fingerprint density at radius 1 is 1.47 bits per heavy atom. The molecule has 1 N–H and O–H groups in total. The number of ether oxygens (including phenoxy) is 1. The summed E-state index contributed by atoms with van der Waals surface area (Å²) in [6.45, 7) is 8.52. The number of methoxy groups -OCH3 is 1. The van der Waals surface area contributed by atoms with Gasteiger partial charge in [0, 0.05) is 26.2 Å². The van der Waals surface area contributed by atoms with Gasteiger partial charge in [0.05, 0.1) is 12.2 Å². The molecule has 1 unspecified atom stereocenters. The number of nitrogens with zero attached hydrogens (tertiary/aromatic N) is 1. The Morgan fingerprint density at radius 3 is 2.47 bits per heavy atom. The summed E-state index contributed by atoms with van der Waals surface area (Å²) in [6.07, 6.45) is 2.55. The van der Waals surface area contributed by atoms with Crippen molar-refractivity contribution in [1.82, 2.24) is 4.90 Å². The summed E-state index contributed by atoms with van der Waals surface area (Å²) in [5, 5.41) is 10.3. The molecule has 0 aromatic rings. The quantitative estimate of drug-likeness (QED) is 0.698. The van der Waals surface area contributed by atoms with Gasteiger partial charge < -0.3 is 9.84 Å². The van der Waals surface area contributed by atoms with E-state index in [-0.39, 0.29) is 0 Å². The van der Waals surface area contributed by atoms with Crippen LogP contribution in [0, 0.1) is 5.92 Å². The van der Waals surface area contributed by atoms with Gasteiger partial charge in [0.2, 0.25) is 0 Å². The number of aliphatic hydroxyl groups is 1. The number of rotatable bonds is 7. The Labute approximate surface area is 93.4 Å². The first kappa shape index (κ1) is 12.9. The van der Waals surface area contributed by atoms with Crippen LogP contribution in [-0.4, -0.2) is 48.5 Å². The van der Waals surface area contributed by atoms with Gasteiger partial charge in [-0.3, -0.25) is 4.90 Å². The van der Waals surface area contributed by atoms with E-state index >= 15 is 0 Å². The zero-order chi connectivity index (χ0) is 11.5. The van der Waals surface area contributed by atoms with E-state index in [0.29, 0.717) is 12.0 Å². The van der Waals surface area contributed by atoms with Crippen molar-refractivity contribution in [2.45, 2.75) is 45.3 Å². The maximum absolute atomic E-state index is 10.3. The molecule has 0 radical (unpaired) electrons. The molecule has 0 bridgehead atoms. The number of hydrogen-bond donors (Lipinski definition) is 1. The highest BCUT2D eigenvalue weighted by Gasteiger charge is 2.35. The fourth-order valence-corrected chi connectivity index (χ4v) is 1.63. The van der Waals surface area contributed by atoms with Gasteiger partial charge in [0.25, 0.3) is 0 Å². The van der Waals surface area contributed by atoms with E-state index in [0.717, 1.165) is 19.7 Å². The number of hydrogen-bond acceptors (Lipinski definition) is 3. The molecule has 3 heteroatoms. The first-order valence-corrected chi connectivity index (χ1v) is 5.92. The van der Waals surface area contributed by atoms with Crippen molar-refractivity contribution in [3.05, 3.63) is 0 Å². The van der Waals surface area contributed by atoms with Crippen LogP contribution in [-0.2, 0) is 4.74 Å². The lowest BCUT2D eigenvalue weighted by Gasteiger charge is -2.34. The van der Waals surface area contributed by atoms with E-state index in [2.05, 4.69) is 18.7 Å². The van der Waals surface area contributed by atoms with Crippen LogP contribution in [0.25, 0.3) is 0 Å². The molecule has 1 atom stereocenters. The van der Waals surface area contributed by atoms with Crippen LogP contribution in [0.15, 0.2) is 0 Å². The third-order valence-electron chi connectivity index (χ3n) is 3.41. The predicted octanol–water partition coefficient (Wildman–Crippen LogP) is 1.50. The van der Waals surface area contributed by atoms with Gasteiger partial charge in [0.1, 0.15) is 0 Å². The van der Waals surface area contributed by atoms with Crippen molar-refractivity contribution in [1.29, 1.82) is 0 Å². The summed E-state index contributed by atoms with van der Waals surface area (Å²) in [5.74, 6) is 0.293. The summed E-state index contributed by atoms with van der Waals surface area (Å²) in [5.41, 5.74) is -0.587. The molecule has 90 valence electrons. The topological polar surface area (TPSA) is 32.7 Å². The second kappa shape index (κ2) is 5.28. The Balaban J connectivity index is 2.42. The maximum atomic E-state index is 10.3. The predicted molar refractivity (Wildman–Crippen MR) is 61.9 cm³/mol. The Morgan fingerprint density at radius 2 is 2.07 bits per heavy atom. The molecule has 15 heavy (non-hydrogen) atoms. The molecule has 1 aliphatic rings. The monoisotopic (exact) mass is 215 g/mol. The standard InChI is InChI=1S/C12H25NO2/c1-10(2)12(3,14)9-13(7-8-15-4)11-5-6-11/h10-11,14H,5-9H2,1-4H3. The molecule has 0 heterocycles. The average molecular weight is 215 g/mol. The third kappa shape index (κ3) is 4.09. The van der Waals surface area contributed by atoms with Gasteiger partial charge in [-0.05, 0) is 25.7 Å². The van der Waals surface area contributed by atoms with E-state index in [1.807, 2.05) is 6.92 Å². The van der Waals surface area contributed by atoms with Gasteiger partial charge in [-0.15, -0.1) is 0 Å². The van der Waals surface area contributed by atoms with E-state index in [9.17, 15) is 5.11 Å². The minimum atomic E-state index is -0.587. The van der Waals surface area contributed by atoms with E-state index in [4.69, 9.17) is 4.74 Å². The molecule has 0 aliphatic heterocycles. The molecule has 0 saturated heterocycles. The van der Waals surface area contributed by atoms with Crippen LogP contribution in [0.2, 0.25) is 0 Å². The minimum Gasteiger partial charge on any atom is -0.389 e. The van der Waals surface area contributed by atoms with Gasteiger partial charge in [-0.2, -0.15) is 0 Å². The van der Waals surface area contributed by atoms with Crippen molar-refractivity contribution in [3.63, 3.8) is 0 Å². The van der Waals surface area contributed by atoms with Crippen LogP contribution in [0.4, 0.5) is 0 Å². The van der Waals surface area contributed by atoms with Crippen LogP contribution >= 0.6 is 0 Å². The zero-order valence-electron chi connectivity index (χ0n) is 10.5. The third-order valence-corrected chi connectivity index (χ3v) is 3.41. The molecule has 1 rings (SSSR count).